The second-order valence-electron chi connectivity index (χ2n) is 3.81. The number of carbonyl (C=O) groups excluding carboxylic acids is 1. The first-order valence-electron chi connectivity index (χ1n) is 7.58. The van der Waals surface area contributed by atoms with Gasteiger partial charge in [-0.05, 0) is 11.1 Å². The Kier molecular flexibility index (Phi) is 11.6. The second-order valence-corrected chi connectivity index (χ2v) is 3.81. The van der Waals surface area contributed by atoms with Gasteiger partial charge in [-0.3, -0.25) is 4.79 Å². The molecule has 2 nitrogen and oxygen atoms in total. The summed E-state index contributed by atoms with van der Waals surface area (Å²) in [5, 5.41) is 0. The number of ether oxygens (including phenoxy) is 1. The van der Waals surface area contributed by atoms with Gasteiger partial charge in [-0.15, -0.1) is 0 Å². The molecule has 0 amide bonds. The van der Waals surface area contributed by atoms with Crippen LogP contribution in [0.5, 0.6) is 0 Å². The zero-order chi connectivity index (χ0) is 15.9. The van der Waals surface area contributed by atoms with Crippen molar-refractivity contribution in [3.05, 3.63) is 71.8 Å². The first-order chi connectivity index (χ1) is 10.3. The van der Waals surface area contributed by atoms with Gasteiger partial charge in [0.2, 0.25) is 0 Å². The van der Waals surface area contributed by atoms with Crippen molar-refractivity contribution >= 4 is 5.97 Å². The standard InChI is InChI=1S/C15H14O2.2C2H6/c16-15(11-13-7-3-1-4-8-13)17-12-14-9-5-2-6-10-14;2*1-2/h1-10H,11-12H2;2*1-2H3. The first-order valence-corrected chi connectivity index (χ1v) is 7.58. The van der Waals surface area contributed by atoms with E-state index in [9.17, 15) is 4.79 Å². The fourth-order valence-corrected chi connectivity index (χ4v) is 1.55. The van der Waals surface area contributed by atoms with Gasteiger partial charge in [-0.1, -0.05) is 88.4 Å². The molecule has 21 heavy (non-hydrogen) atoms. The van der Waals surface area contributed by atoms with E-state index in [2.05, 4.69) is 0 Å². The van der Waals surface area contributed by atoms with Crippen molar-refractivity contribution in [2.45, 2.75) is 40.7 Å². The van der Waals surface area contributed by atoms with Gasteiger partial charge in [0.05, 0.1) is 6.42 Å². The fraction of sp³-hybridized carbons (Fsp3) is 0.316. The summed E-state index contributed by atoms with van der Waals surface area (Å²) in [7, 11) is 0. The Morgan fingerprint density at radius 3 is 1.67 bits per heavy atom. The van der Waals surface area contributed by atoms with E-state index in [1.54, 1.807) is 0 Å². The van der Waals surface area contributed by atoms with Crippen LogP contribution in [0.2, 0.25) is 0 Å². The average Bonchev–Trinajstić information content (AvgIpc) is 2.58. The molecular weight excluding hydrogens is 260 g/mol. The predicted octanol–water partition coefficient (Wildman–Crippen LogP) is 5.02. The maximum Gasteiger partial charge on any atom is 0.310 e. The molecule has 0 aliphatic heterocycles. The molecule has 0 fully saturated rings. The largest absolute Gasteiger partial charge is 0.461 e. The molecule has 0 radical (unpaired) electrons. The minimum Gasteiger partial charge on any atom is -0.461 e. The summed E-state index contributed by atoms with van der Waals surface area (Å²) in [6.45, 7) is 8.34. The Hall–Kier alpha value is -2.09. The summed E-state index contributed by atoms with van der Waals surface area (Å²) in [4.78, 5) is 11.6. The van der Waals surface area contributed by atoms with E-state index in [-0.39, 0.29) is 5.97 Å². The molecule has 0 aliphatic carbocycles. The van der Waals surface area contributed by atoms with Crippen LogP contribution in [-0.2, 0) is 22.6 Å². The van der Waals surface area contributed by atoms with Crippen LogP contribution < -0.4 is 0 Å². The lowest BCUT2D eigenvalue weighted by atomic mass is 10.1. The van der Waals surface area contributed by atoms with Gasteiger partial charge >= 0.3 is 5.97 Å². The Bertz CT molecular complexity index is 463. The molecule has 0 unspecified atom stereocenters. The van der Waals surface area contributed by atoms with Gasteiger partial charge in [-0.25, -0.2) is 0 Å². The van der Waals surface area contributed by atoms with Gasteiger partial charge in [0.15, 0.2) is 0 Å². The van der Waals surface area contributed by atoms with Crippen molar-refractivity contribution in [1.82, 2.24) is 0 Å². The molecular formula is C19H26O2. The van der Waals surface area contributed by atoms with E-state index in [1.807, 2.05) is 88.4 Å². The lowest BCUT2D eigenvalue weighted by Gasteiger charge is -2.04. The van der Waals surface area contributed by atoms with Crippen LogP contribution in [0.1, 0.15) is 38.8 Å². The predicted molar refractivity (Wildman–Crippen MR) is 89.1 cm³/mol. The number of carbonyl (C=O) groups is 1. The van der Waals surface area contributed by atoms with E-state index in [0.717, 1.165) is 11.1 Å². The van der Waals surface area contributed by atoms with Crippen LogP contribution in [0.4, 0.5) is 0 Å². The average molecular weight is 286 g/mol. The third kappa shape index (κ3) is 8.64. The lowest BCUT2D eigenvalue weighted by Crippen LogP contribution is -2.07. The van der Waals surface area contributed by atoms with Gasteiger partial charge < -0.3 is 4.74 Å². The van der Waals surface area contributed by atoms with E-state index in [0.29, 0.717) is 13.0 Å². The molecule has 2 rings (SSSR count). The van der Waals surface area contributed by atoms with E-state index >= 15 is 0 Å². The molecule has 2 aromatic rings. The van der Waals surface area contributed by atoms with Crippen molar-refractivity contribution < 1.29 is 9.53 Å². The number of hydrogen-bond donors (Lipinski definition) is 0. The SMILES string of the molecule is CC.CC.O=C(Cc1ccccc1)OCc1ccccc1. The highest BCUT2D eigenvalue weighted by molar-refractivity contribution is 5.72. The normalized spacial score (nSPS) is 8.57. The number of esters is 1. The molecule has 0 N–H and O–H groups in total. The van der Waals surface area contributed by atoms with Crippen molar-refractivity contribution in [1.29, 1.82) is 0 Å². The van der Waals surface area contributed by atoms with Crippen LogP contribution >= 0.6 is 0 Å². The van der Waals surface area contributed by atoms with E-state index < -0.39 is 0 Å². The smallest absolute Gasteiger partial charge is 0.310 e. The molecule has 0 aliphatic rings. The lowest BCUT2D eigenvalue weighted by molar-refractivity contribution is -0.144. The van der Waals surface area contributed by atoms with Crippen LogP contribution in [-0.4, -0.2) is 5.97 Å². The zero-order valence-corrected chi connectivity index (χ0v) is 13.5. The third-order valence-electron chi connectivity index (χ3n) is 2.43. The Morgan fingerprint density at radius 2 is 1.19 bits per heavy atom. The van der Waals surface area contributed by atoms with Crippen molar-refractivity contribution in [3.8, 4) is 0 Å². The van der Waals surface area contributed by atoms with Crippen molar-refractivity contribution in [3.63, 3.8) is 0 Å². The van der Waals surface area contributed by atoms with Crippen molar-refractivity contribution in [2.24, 2.45) is 0 Å². The summed E-state index contributed by atoms with van der Waals surface area (Å²) in [5.74, 6) is -0.194. The summed E-state index contributed by atoms with van der Waals surface area (Å²) in [6.07, 6.45) is 0.327. The van der Waals surface area contributed by atoms with Crippen LogP contribution in [0.3, 0.4) is 0 Å². The molecule has 114 valence electrons. The summed E-state index contributed by atoms with van der Waals surface area (Å²) in [6, 6.07) is 19.3. The van der Waals surface area contributed by atoms with Crippen LogP contribution in [0.15, 0.2) is 60.7 Å². The second kappa shape index (κ2) is 12.9. The van der Waals surface area contributed by atoms with E-state index in [4.69, 9.17) is 4.74 Å². The first kappa shape index (κ1) is 18.9. The summed E-state index contributed by atoms with van der Waals surface area (Å²) < 4.78 is 5.19. The summed E-state index contributed by atoms with van der Waals surface area (Å²) >= 11 is 0. The Balaban J connectivity index is 0.000000921. The van der Waals surface area contributed by atoms with E-state index in [1.165, 1.54) is 0 Å². The van der Waals surface area contributed by atoms with Crippen LogP contribution in [0.25, 0.3) is 0 Å². The van der Waals surface area contributed by atoms with Gasteiger partial charge in [0.1, 0.15) is 6.61 Å². The molecule has 2 aromatic carbocycles. The molecule has 0 spiro atoms. The maximum atomic E-state index is 11.6. The fourth-order valence-electron chi connectivity index (χ4n) is 1.55. The number of hydrogen-bond acceptors (Lipinski definition) is 2. The topological polar surface area (TPSA) is 26.3 Å². The highest BCUT2D eigenvalue weighted by atomic mass is 16.5. The minimum absolute atomic E-state index is 0.194. The monoisotopic (exact) mass is 286 g/mol. The molecule has 0 heterocycles. The molecule has 0 aromatic heterocycles. The molecule has 2 heteroatoms. The number of rotatable bonds is 4. The number of benzene rings is 2. The quantitative estimate of drug-likeness (QED) is 0.737. The van der Waals surface area contributed by atoms with Gasteiger partial charge in [0.25, 0.3) is 0 Å². The Labute approximate surface area is 128 Å². The molecule has 0 saturated carbocycles. The van der Waals surface area contributed by atoms with Gasteiger partial charge in [-0.2, -0.15) is 0 Å². The Morgan fingerprint density at radius 1 is 0.762 bits per heavy atom. The highest BCUT2D eigenvalue weighted by Gasteiger charge is 2.04. The minimum atomic E-state index is -0.194. The molecule has 0 atom stereocenters. The molecule has 0 saturated heterocycles. The molecule has 0 bridgehead atoms. The van der Waals surface area contributed by atoms with Crippen LogP contribution in [0, 0.1) is 0 Å². The maximum absolute atomic E-state index is 11.6. The zero-order valence-electron chi connectivity index (χ0n) is 13.5. The van der Waals surface area contributed by atoms with Crippen molar-refractivity contribution in [2.75, 3.05) is 0 Å². The highest BCUT2D eigenvalue weighted by Crippen LogP contribution is 2.04. The van der Waals surface area contributed by atoms with Gasteiger partial charge in [0, 0.05) is 0 Å². The summed E-state index contributed by atoms with van der Waals surface area (Å²) in [5.41, 5.74) is 1.99. The third-order valence-corrected chi connectivity index (χ3v) is 2.43.